The van der Waals surface area contributed by atoms with Crippen LogP contribution in [0.2, 0.25) is 0 Å². The molecule has 0 bridgehead atoms. The number of primary amides is 1. The molecular weight excluding hydrogens is 410 g/mol. The lowest BCUT2D eigenvalue weighted by Crippen LogP contribution is -2.44. The van der Waals surface area contributed by atoms with Gasteiger partial charge >= 0.3 is 0 Å². The van der Waals surface area contributed by atoms with Crippen molar-refractivity contribution in [3.63, 3.8) is 0 Å². The van der Waals surface area contributed by atoms with Crippen LogP contribution in [0, 0.1) is 6.42 Å². The second-order valence-corrected chi connectivity index (χ2v) is 8.20. The van der Waals surface area contributed by atoms with Crippen molar-refractivity contribution < 1.29 is 27.7 Å². The van der Waals surface area contributed by atoms with E-state index in [1.165, 1.54) is 0 Å². The molecule has 0 saturated heterocycles. The van der Waals surface area contributed by atoms with E-state index in [9.17, 15) is 23.2 Å². The third kappa shape index (κ3) is 7.54. The van der Waals surface area contributed by atoms with Crippen molar-refractivity contribution in [1.82, 2.24) is 15.5 Å². The number of aromatic nitrogens is 2. The molecule has 3 N–H and O–H groups in total. The maximum Gasteiger partial charge on any atom is 0.252 e. The number of hydrogen-bond donors (Lipinski definition) is 2. The van der Waals surface area contributed by atoms with Gasteiger partial charge < -0.3 is 15.6 Å². The first kappa shape index (κ1) is 24.1. The normalized spacial score (nSPS) is 12.9. The van der Waals surface area contributed by atoms with Crippen LogP contribution in [0.5, 0.6) is 0 Å². The lowest BCUT2D eigenvalue weighted by Gasteiger charge is -2.18. The number of ketones is 1. The highest BCUT2D eigenvalue weighted by molar-refractivity contribution is 6.02. The summed E-state index contributed by atoms with van der Waals surface area (Å²) in [6, 6.07) is 6.72. The second kappa shape index (κ2) is 9.76. The van der Waals surface area contributed by atoms with E-state index in [2.05, 4.69) is 15.5 Å². The molecule has 0 saturated carbocycles. The summed E-state index contributed by atoms with van der Waals surface area (Å²) in [5, 5.41) is 5.81. The van der Waals surface area contributed by atoms with Gasteiger partial charge in [0.2, 0.25) is 29.3 Å². The van der Waals surface area contributed by atoms with Crippen LogP contribution >= 0.6 is 0 Å². The fourth-order valence-electron chi connectivity index (χ4n) is 2.63. The van der Waals surface area contributed by atoms with E-state index >= 15 is 0 Å². The van der Waals surface area contributed by atoms with E-state index in [1.807, 2.05) is 0 Å². The van der Waals surface area contributed by atoms with Gasteiger partial charge in [-0.2, -0.15) is 4.98 Å². The predicted molar refractivity (Wildman–Crippen MR) is 107 cm³/mol. The molecular formula is C21H25F2N4O4. The van der Waals surface area contributed by atoms with Crippen LogP contribution in [0.15, 0.2) is 34.9 Å². The Morgan fingerprint density at radius 2 is 1.84 bits per heavy atom. The van der Waals surface area contributed by atoms with Gasteiger partial charge in [-0.1, -0.05) is 56.3 Å². The van der Waals surface area contributed by atoms with E-state index in [4.69, 9.17) is 10.3 Å². The highest BCUT2D eigenvalue weighted by Crippen LogP contribution is 2.25. The molecule has 2 aromatic rings. The first-order chi connectivity index (χ1) is 14.4. The van der Waals surface area contributed by atoms with E-state index in [0.29, 0.717) is 5.56 Å². The third-order valence-electron chi connectivity index (χ3n) is 4.22. The largest absolute Gasteiger partial charge is 0.370 e. The summed E-state index contributed by atoms with van der Waals surface area (Å²) in [7, 11) is 0. The Hall–Kier alpha value is -3.17. The fourth-order valence-corrected chi connectivity index (χ4v) is 2.63. The van der Waals surface area contributed by atoms with Gasteiger partial charge in [0.1, 0.15) is 6.04 Å². The topological polar surface area (TPSA) is 128 Å². The minimum absolute atomic E-state index is 0.187. The molecule has 167 valence electrons. The molecule has 0 fully saturated rings. The summed E-state index contributed by atoms with van der Waals surface area (Å²) >= 11 is 0. The predicted octanol–water partition coefficient (Wildman–Crippen LogP) is 2.38. The van der Waals surface area contributed by atoms with Crippen molar-refractivity contribution in [2.45, 2.75) is 57.4 Å². The van der Waals surface area contributed by atoms with Gasteiger partial charge in [0.05, 0.1) is 12.8 Å². The lowest BCUT2D eigenvalue weighted by molar-refractivity contribution is -0.120. The van der Waals surface area contributed by atoms with Crippen molar-refractivity contribution in [2.24, 2.45) is 5.73 Å². The van der Waals surface area contributed by atoms with Gasteiger partial charge in [-0.3, -0.25) is 14.4 Å². The fraction of sp³-hybridized carbons (Fsp3) is 0.429. The van der Waals surface area contributed by atoms with Gasteiger partial charge in [-0.15, -0.1) is 0 Å². The Kier molecular flexibility index (Phi) is 7.59. The van der Waals surface area contributed by atoms with Crippen molar-refractivity contribution in [1.29, 1.82) is 0 Å². The molecule has 10 heteroatoms. The maximum absolute atomic E-state index is 14.2. The van der Waals surface area contributed by atoms with Crippen molar-refractivity contribution in [2.75, 3.05) is 0 Å². The summed E-state index contributed by atoms with van der Waals surface area (Å²) < 4.78 is 33.4. The number of hydrogen-bond acceptors (Lipinski definition) is 6. The number of Topliss-reactive ketones (excluding diaryl/α,β-unsaturated/α-hetero) is 1. The van der Waals surface area contributed by atoms with Gasteiger partial charge in [-0.25, -0.2) is 8.78 Å². The molecule has 0 aliphatic heterocycles. The smallest absolute Gasteiger partial charge is 0.252 e. The molecule has 1 aromatic heterocycles. The molecule has 8 nitrogen and oxygen atoms in total. The first-order valence-electron chi connectivity index (χ1n) is 9.59. The number of nitrogens with two attached hydrogens (primary N) is 1. The lowest BCUT2D eigenvalue weighted by atomic mass is 9.97. The number of amides is 2. The number of benzene rings is 1. The average Bonchev–Trinajstić information content (AvgIpc) is 3.16. The Morgan fingerprint density at radius 1 is 1.19 bits per heavy atom. The molecule has 0 aliphatic rings. The maximum atomic E-state index is 14.2. The summed E-state index contributed by atoms with van der Waals surface area (Å²) in [4.78, 5) is 40.1. The zero-order valence-electron chi connectivity index (χ0n) is 17.5. The van der Waals surface area contributed by atoms with Crippen molar-refractivity contribution in [3.8, 4) is 0 Å². The third-order valence-corrected chi connectivity index (χ3v) is 4.22. The van der Waals surface area contributed by atoms with Crippen LogP contribution in [0.3, 0.4) is 0 Å². The Labute approximate surface area is 178 Å². The molecule has 1 radical (unpaired) electrons. The quantitative estimate of drug-likeness (QED) is 0.552. The van der Waals surface area contributed by atoms with Gasteiger partial charge in [0, 0.05) is 18.3 Å². The number of rotatable bonds is 10. The molecule has 1 atom stereocenters. The number of carbonyl (C=O) groups is 3. The first-order valence-corrected chi connectivity index (χ1v) is 9.59. The molecule has 31 heavy (non-hydrogen) atoms. The van der Waals surface area contributed by atoms with Crippen LogP contribution < -0.4 is 11.1 Å². The zero-order chi connectivity index (χ0) is 23.2. The van der Waals surface area contributed by atoms with Gasteiger partial charge in [-0.05, 0) is 5.56 Å². The molecule has 1 aromatic carbocycles. The monoisotopic (exact) mass is 435 g/mol. The number of nitrogens with zero attached hydrogens (tertiary/aromatic N) is 2. The van der Waals surface area contributed by atoms with E-state index < -0.39 is 54.2 Å². The van der Waals surface area contributed by atoms with Crippen LogP contribution in [-0.2, 0) is 21.4 Å². The highest BCUT2D eigenvalue weighted by Gasteiger charge is 2.33. The molecule has 0 unspecified atom stereocenters. The summed E-state index contributed by atoms with van der Waals surface area (Å²) in [6.07, 6.45) is -1.19. The number of nitrogens with one attached hydrogen (secondary N) is 1. The highest BCUT2D eigenvalue weighted by atomic mass is 19.3. The number of alkyl halides is 2. The zero-order valence-corrected chi connectivity index (χ0v) is 17.5. The van der Waals surface area contributed by atoms with Gasteiger partial charge in [0.25, 0.3) is 5.92 Å². The average molecular weight is 435 g/mol. The standard InChI is InChI=1S/C21H25F2N4O4/c1-20(2,3)19-26-18(27-31-19)17(30)14(11-15(24)28)25-16(29)9-10-21(22,23)12-13-7-5-4-6-8-13/h4-9,14H,10-12H2,1-3H3,(H2,24,28)(H,25,29)/t14-/m0/s1. The minimum atomic E-state index is -3.17. The van der Waals surface area contributed by atoms with E-state index in [-0.39, 0.29) is 11.7 Å². The number of carbonyl (C=O) groups excluding carboxylic acids is 3. The number of halogens is 2. The van der Waals surface area contributed by atoms with E-state index in [0.717, 1.165) is 6.42 Å². The molecule has 0 spiro atoms. The Bertz CT molecular complexity index is 923. The molecule has 2 amide bonds. The van der Waals surface area contributed by atoms with Crippen LogP contribution in [-0.4, -0.2) is 39.7 Å². The van der Waals surface area contributed by atoms with Crippen molar-refractivity contribution in [3.05, 3.63) is 54.0 Å². The van der Waals surface area contributed by atoms with Crippen molar-refractivity contribution >= 4 is 17.6 Å². The second-order valence-electron chi connectivity index (χ2n) is 8.20. The Morgan fingerprint density at radius 3 is 2.39 bits per heavy atom. The van der Waals surface area contributed by atoms with Crippen LogP contribution in [0.1, 0.15) is 55.7 Å². The SMILES string of the molecule is CC(C)(C)c1nc(C(=O)[C@H](CC(N)=O)NC(=O)[CH]CC(F)(F)Cc2ccccc2)no1. The summed E-state index contributed by atoms with van der Waals surface area (Å²) in [6.45, 7) is 5.38. The molecule has 1 heterocycles. The summed E-state index contributed by atoms with van der Waals surface area (Å²) in [5.41, 5.74) is 5.06. The van der Waals surface area contributed by atoms with Crippen LogP contribution in [0.25, 0.3) is 0 Å². The van der Waals surface area contributed by atoms with Crippen LogP contribution in [0.4, 0.5) is 8.78 Å². The summed E-state index contributed by atoms with van der Waals surface area (Å²) in [5.74, 6) is -5.94. The van der Waals surface area contributed by atoms with Gasteiger partial charge in [0.15, 0.2) is 0 Å². The Balaban J connectivity index is 2.01. The molecule has 0 aliphatic carbocycles. The molecule has 2 rings (SSSR count). The van der Waals surface area contributed by atoms with E-state index in [1.54, 1.807) is 51.1 Å². The minimum Gasteiger partial charge on any atom is -0.370 e.